The van der Waals surface area contributed by atoms with Gasteiger partial charge in [0.2, 0.25) is 15.9 Å². The second kappa shape index (κ2) is 8.33. The second-order valence-corrected chi connectivity index (χ2v) is 9.25. The van der Waals surface area contributed by atoms with Crippen LogP contribution in [0.1, 0.15) is 18.4 Å². The molecule has 0 saturated carbocycles. The molecule has 1 aliphatic heterocycles. The van der Waals surface area contributed by atoms with Crippen LogP contribution in [0.25, 0.3) is 5.69 Å². The average molecular weight is 427 g/mol. The van der Waals surface area contributed by atoms with Crippen molar-refractivity contribution in [2.24, 2.45) is 5.92 Å². The number of piperidine rings is 1. The minimum atomic E-state index is -3.70. The van der Waals surface area contributed by atoms with E-state index in [0.717, 1.165) is 11.3 Å². The Hall–Kier alpha value is -3.11. The normalized spacial score (nSPS) is 17.6. The average Bonchev–Trinajstić information content (AvgIpc) is 3.29. The molecular weight excluding hydrogens is 404 g/mol. The molecule has 1 fully saturated rings. The van der Waals surface area contributed by atoms with Crippen molar-refractivity contribution in [2.45, 2.75) is 24.7 Å². The molecule has 30 heavy (non-hydrogen) atoms. The molecule has 0 unspecified atom stereocenters. The van der Waals surface area contributed by atoms with E-state index in [-0.39, 0.29) is 17.3 Å². The lowest BCUT2D eigenvalue weighted by molar-refractivity contribution is -0.120. The molecule has 1 saturated heterocycles. The number of nitrogens with one attached hydrogen (secondary N) is 1. The quantitative estimate of drug-likeness (QED) is 0.668. The monoisotopic (exact) mass is 426 g/mol. The molecule has 10 heteroatoms. The summed E-state index contributed by atoms with van der Waals surface area (Å²) in [5, 5.41) is 13.8. The third-order valence-corrected chi connectivity index (χ3v) is 7.01. The summed E-state index contributed by atoms with van der Waals surface area (Å²) in [6.07, 6.45) is 2.72. The van der Waals surface area contributed by atoms with Crippen LogP contribution in [0.15, 0.2) is 59.8 Å². The molecule has 0 radical (unpaired) electrons. The zero-order chi connectivity index (χ0) is 21.1. The van der Waals surface area contributed by atoms with E-state index < -0.39 is 15.9 Å². The topological polar surface area (TPSA) is 110 Å². The summed E-state index contributed by atoms with van der Waals surface area (Å²) >= 11 is 0. The van der Waals surface area contributed by atoms with Gasteiger partial charge in [-0.25, -0.2) is 13.1 Å². The molecular formula is C20H22N6O3S. The number of tetrazole rings is 1. The Balaban J connectivity index is 1.47. The summed E-state index contributed by atoms with van der Waals surface area (Å²) < 4.78 is 29.0. The highest BCUT2D eigenvalue weighted by atomic mass is 32.2. The van der Waals surface area contributed by atoms with Crippen LogP contribution in [-0.4, -0.2) is 51.9 Å². The predicted octanol–water partition coefficient (Wildman–Crippen LogP) is 2.01. The maximum absolute atomic E-state index is 13.1. The molecule has 1 atom stereocenters. The Labute approximate surface area is 174 Å². The largest absolute Gasteiger partial charge is 0.326 e. The van der Waals surface area contributed by atoms with Crippen LogP contribution in [0, 0.1) is 12.8 Å². The van der Waals surface area contributed by atoms with Gasteiger partial charge in [-0.15, -0.1) is 5.10 Å². The van der Waals surface area contributed by atoms with E-state index in [2.05, 4.69) is 20.8 Å². The molecule has 2 aromatic carbocycles. The van der Waals surface area contributed by atoms with Gasteiger partial charge in [0, 0.05) is 18.8 Å². The van der Waals surface area contributed by atoms with Crippen LogP contribution >= 0.6 is 0 Å². The first-order valence-corrected chi connectivity index (χ1v) is 11.1. The van der Waals surface area contributed by atoms with Crippen molar-refractivity contribution in [1.82, 2.24) is 24.5 Å². The molecule has 1 N–H and O–H groups in total. The molecule has 1 aromatic heterocycles. The Morgan fingerprint density at radius 1 is 1.17 bits per heavy atom. The summed E-state index contributed by atoms with van der Waals surface area (Å²) in [4.78, 5) is 12.9. The molecule has 3 aromatic rings. The number of benzene rings is 2. The SMILES string of the molecule is Cc1cccc(NC(=O)[C@@H]2CCCN(S(=O)(=O)c3ccc(-n4cnnn4)cc3)C2)c1. The van der Waals surface area contributed by atoms with Crippen LogP contribution in [-0.2, 0) is 14.8 Å². The number of carbonyl (C=O) groups is 1. The van der Waals surface area contributed by atoms with E-state index in [1.165, 1.54) is 27.4 Å². The number of amides is 1. The van der Waals surface area contributed by atoms with Gasteiger partial charge in [0.1, 0.15) is 6.33 Å². The number of nitrogens with zero attached hydrogens (tertiary/aromatic N) is 5. The zero-order valence-corrected chi connectivity index (χ0v) is 17.3. The van der Waals surface area contributed by atoms with E-state index in [1.807, 2.05) is 31.2 Å². The minimum absolute atomic E-state index is 0.158. The van der Waals surface area contributed by atoms with Crippen molar-refractivity contribution in [3.63, 3.8) is 0 Å². The fraction of sp³-hybridized carbons (Fsp3) is 0.300. The Morgan fingerprint density at radius 2 is 1.97 bits per heavy atom. The van der Waals surface area contributed by atoms with E-state index in [9.17, 15) is 13.2 Å². The highest BCUT2D eigenvalue weighted by Crippen LogP contribution is 2.25. The Kier molecular flexibility index (Phi) is 5.60. The van der Waals surface area contributed by atoms with Gasteiger partial charge in [0.25, 0.3) is 0 Å². The van der Waals surface area contributed by atoms with Crippen LogP contribution < -0.4 is 5.32 Å². The van der Waals surface area contributed by atoms with E-state index in [4.69, 9.17) is 0 Å². The number of carbonyl (C=O) groups excluding carboxylic acids is 1. The number of anilines is 1. The molecule has 1 aliphatic rings. The van der Waals surface area contributed by atoms with Crippen molar-refractivity contribution in [2.75, 3.05) is 18.4 Å². The smallest absolute Gasteiger partial charge is 0.243 e. The Morgan fingerprint density at radius 3 is 2.67 bits per heavy atom. The first kappa shape index (κ1) is 20.2. The van der Waals surface area contributed by atoms with Crippen LogP contribution in [0.2, 0.25) is 0 Å². The summed E-state index contributed by atoms with van der Waals surface area (Å²) in [5.41, 5.74) is 2.43. The van der Waals surface area contributed by atoms with Crippen molar-refractivity contribution in [1.29, 1.82) is 0 Å². The summed E-state index contributed by atoms with van der Waals surface area (Å²) in [6, 6.07) is 13.9. The first-order valence-electron chi connectivity index (χ1n) is 9.64. The van der Waals surface area contributed by atoms with Gasteiger partial charge in [-0.3, -0.25) is 4.79 Å². The van der Waals surface area contributed by atoms with Crippen molar-refractivity contribution in [3.8, 4) is 5.69 Å². The number of hydrogen-bond acceptors (Lipinski definition) is 6. The second-order valence-electron chi connectivity index (χ2n) is 7.31. The molecule has 0 aliphatic carbocycles. The van der Waals surface area contributed by atoms with E-state index >= 15 is 0 Å². The lowest BCUT2D eigenvalue weighted by Gasteiger charge is -2.31. The molecule has 9 nitrogen and oxygen atoms in total. The van der Waals surface area contributed by atoms with Gasteiger partial charge in [0.15, 0.2) is 0 Å². The third kappa shape index (κ3) is 4.24. The van der Waals surface area contributed by atoms with Gasteiger partial charge in [0.05, 0.1) is 16.5 Å². The van der Waals surface area contributed by atoms with Gasteiger partial charge < -0.3 is 5.32 Å². The van der Waals surface area contributed by atoms with E-state index in [1.54, 1.807) is 12.1 Å². The fourth-order valence-corrected chi connectivity index (χ4v) is 5.07. The zero-order valence-electron chi connectivity index (χ0n) is 16.5. The van der Waals surface area contributed by atoms with Crippen LogP contribution in [0.4, 0.5) is 5.69 Å². The first-order chi connectivity index (χ1) is 14.4. The van der Waals surface area contributed by atoms with Gasteiger partial charge >= 0.3 is 0 Å². The molecule has 0 spiro atoms. The highest BCUT2D eigenvalue weighted by molar-refractivity contribution is 7.89. The molecule has 4 rings (SSSR count). The van der Waals surface area contributed by atoms with Gasteiger partial charge in [-0.2, -0.15) is 4.31 Å². The molecule has 156 valence electrons. The molecule has 1 amide bonds. The molecule has 0 bridgehead atoms. The van der Waals surface area contributed by atoms with E-state index in [0.29, 0.717) is 25.1 Å². The summed E-state index contributed by atoms with van der Waals surface area (Å²) in [5.74, 6) is -0.552. The van der Waals surface area contributed by atoms with Gasteiger partial charge in [-0.05, 0) is 72.2 Å². The third-order valence-electron chi connectivity index (χ3n) is 5.13. The predicted molar refractivity (Wildman–Crippen MR) is 110 cm³/mol. The standard InChI is InChI=1S/C20H22N6O3S/c1-15-4-2-6-17(12-15)22-20(27)16-5-3-11-25(13-16)30(28,29)19-9-7-18(8-10-19)26-14-21-23-24-26/h2,4,6-10,12,14,16H,3,5,11,13H2,1H3,(H,22,27)/t16-/m1/s1. The molecule has 2 heterocycles. The maximum Gasteiger partial charge on any atom is 0.243 e. The lowest BCUT2D eigenvalue weighted by Crippen LogP contribution is -2.43. The highest BCUT2D eigenvalue weighted by Gasteiger charge is 2.33. The fourth-order valence-electron chi connectivity index (χ4n) is 3.54. The van der Waals surface area contributed by atoms with Crippen molar-refractivity contribution in [3.05, 3.63) is 60.4 Å². The number of aryl methyl sites for hydroxylation is 1. The van der Waals surface area contributed by atoms with Crippen molar-refractivity contribution >= 4 is 21.6 Å². The van der Waals surface area contributed by atoms with Gasteiger partial charge in [-0.1, -0.05) is 12.1 Å². The van der Waals surface area contributed by atoms with Crippen LogP contribution in [0.5, 0.6) is 0 Å². The lowest BCUT2D eigenvalue weighted by atomic mass is 9.98. The number of aromatic nitrogens is 4. The Bertz CT molecular complexity index is 1130. The number of rotatable bonds is 5. The number of hydrogen-bond donors (Lipinski definition) is 1. The van der Waals surface area contributed by atoms with Crippen LogP contribution in [0.3, 0.4) is 0 Å². The summed E-state index contributed by atoms with van der Waals surface area (Å²) in [6.45, 7) is 2.51. The summed E-state index contributed by atoms with van der Waals surface area (Å²) in [7, 11) is -3.70. The number of sulfonamides is 1. The minimum Gasteiger partial charge on any atom is -0.326 e. The van der Waals surface area contributed by atoms with Crippen molar-refractivity contribution < 1.29 is 13.2 Å². The maximum atomic E-state index is 13.1.